The standard InChI is InChI=1S/C15H20N2O2S/c1-3-6-16-8-12-4-5-14(18-2)15(7-12)19-9-13-10-20-11-17-13/h4-5,7,10-11,16H,3,6,8-9H2,1-2H3. The van der Waals surface area contributed by atoms with Crippen LogP contribution in [0.15, 0.2) is 29.1 Å². The zero-order valence-electron chi connectivity index (χ0n) is 11.9. The van der Waals surface area contributed by atoms with E-state index in [9.17, 15) is 0 Å². The first-order valence-electron chi connectivity index (χ1n) is 6.71. The zero-order chi connectivity index (χ0) is 14.2. The largest absolute Gasteiger partial charge is 0.493 e. The van der Waals surface area contributed by atoms with E-state index in [1.165, 1.54) is 5.56 Å². The van der Waals surface area contributed by atoms with Crippen molar-refractivity contribution in [3.05, 3.63) is 40.3 Å². The second-order valence-corrected chi connectivity index (χ2v) is 5.15. The van der Waals surface area contributed by atoms with Crippen molar-refractivity contribution in [3.63, 3.8) is 0 Å². The summed E-state index contributed by atoms with van der Waals surface area (Å²) in [6.45, 7) is 4.47. The molecule has 0 radical (unpaired) electrons. The third kappa shape index (κ3) is 4.21. The molecule has 0 bridgehead atoms. The van der Waals surface area contributed by atoms with Crippen molar-refractivity contribution in [1.29, 1.82) is 0 Å². The summed E-state index contributed by atoms with van der Waals surface area (Å²) in [6.07, 6.45) is 1.13. The summed E-state index contributed by atoms with van der Waals surface area (Å²) in [4.78, 5) is 4.21. The van der Waals surface area contributed by atoms with Gasteiger partial charge in [-0.05, 0) is 30.7 Å². The molecule has 0 unspecified atom stereocenters. The Morgan fingerprint density at radius 3 is 2.90 bits per heavy atom. The molecule has 2 rings (SSSR count). The van der Waals surface area contributed by atoms with Crippen LogP contribution in [0.1, 0.15) is 24.6 Å². The van der Waals surface area contributed by atoms with E-state index in [-0.39, 0.29) is 0 Å². The Balaban J connectivity index is 2.02. The Labute approximate surface area is 123 Å². The summed E-state index contributed by atoms with van der Waals surface area (Å²) in [5, 5.41) is 5.36. The third-order valence-corrected chi connectivity index (χ3v) is 3.48. The molecule has 5 heteroatoms. The highest BCUT2D eigenvalue weighted by atomic mass is 32.1. The smallest absolute Gasteiger partial charge is 0.162 e. The van der Waals surface area contributed by atoms with E-state index < -0.39 is 0 Å². The van der Waals surface area contributed by atoms with Crippen molar-refractivity contribution in [3.8, 4) is 11.5 Å². The van der Waals surface area contributed by atoms with E-state index in [1.54, 1.807) is 24.0 Å². The predicted octanol–water partition coefficient (Wildman–Crippen LogP) is 3.23. The second kappa shape index (κ2) is 7.87. The van der Waals surface area contributed by atoms with Crippen LogP contribution in [0, 0.1) is 0 Å². The molecule has 108 valence electrons. The molecule has 1 N–H and O–H groups in total. The Bertz CT molecular complexity index is 515. The Morgan fingerprint density at radius 2 is 2.20 bits per heavy atom. The summed E-state index contributed by atoms with van der Waals surface area (Å²) in [5.74, 6) is 1.51. The van der Waals surface area contributed by atoms with Gasteiger partial charge in [-0.2, -0.15) is 0 Å². The SMILES string of the molecule is CCCNCc1ccc(OC)c(OCc2cscn2)c1. The molecular weight excluding hydrogens is 272 g/mol. The summed E-state index contributed by atoms with van der Waals surface area (Å²) in [6, 6.07) is 6.02. The van der Waals surface area contributed by atoms with Crippen molar-refractivity contribution < 1.29 is 9.47 Å². The van der Waals surface area contributed by atoms with Gasteiger partial charge in [0.2, 0.25) is 0 Å². The molecule has 0 atom stereocenters. The number of nitrogens with zero attached hydrogens (tertiary/aromatic N) is 1. The highest BCUT2D eigenvalue weighted by Gasteiger charge is 2.07. The minimum Gasteiger partial charge on any atom is -0.493 e. The van der Waals surface area contributed by atoms with E-state index in [0.717, 1.165) is 36.7 Å². The fourth-order valence-corrected chi connectivity index (χ4v) is 2.36. The second-order valence-electron chi connectivity index (χ2n) is 4.43. The molecule has 0 aliphatic heterocycles. The van der Waals surface area contributed by atoms with Crippen LogP contribution in [0.5, 0.6) is 11.5 Å². The number of aromatic nitrogens is 1. The maximum absolute atomic E-state index is 5.81. The van der Waals surface area contributed by atoms with Crippen LogP contribution in [-0.4, -0.2) is 18.6 Å². The van der Waals surface area contributed by atoms with Gasteiger partial charge in [0.25, 0.3) is 0 Å². The van der Waals surface area contributed by atoms with Crippen LogP contribution in [0.3, 0.4) is 0 Å². The average Bonchev–Trinajstić information content (AvgIpc) is 2.99. The van der Waals surface area contributed by atoms with Gasteiger partial charge in [-0.3, -0.25) is 0 Å². The van der Waals surface area contributed by atoms with E-state index in [2.05, 4.69) is 23.3 Å². The topological polar surface area (TPSA) is 43.4 Å². The van der Waals surface area contributed by atoms with Crippen LogP contribution >= 0.6 is 11.3 Å². The van der Waals surface area contributed by atoms with Gasteiger partial charge in [0.15, 0.2) is 11.5 Å². The minimum atomic E-state index is 0.464. The third-order valence-electron chi connectivity index (χ3n) is 2.84. The van der Waals surface area contributed by atoms with Gasteiger partial charge in [-0.15, -0.1) is 11.3 Å². The van der Waals surface area contributed by atoms with Crippen molar-refractivity contribution in [2.75, 3.05) is 13.7 Å². The number of rotatable bonds is 8. The Morgan fingerprint density at radius 1 is 1.30 bits per heavy atom. The quantitative estimate of drug-likeness (QED) is 0.759. The lowest BCUT2D eigenvalue weighted by molar-refractivity contribution is 0.281. The number of nitrogens with one attached hydrogen (secondary N) is 1. The van der Waals surface area contributed by atoms with Crippen molar-refractivity contribution in [2.24, 2.45) is 0 Å². The molecule has 4 nitrogen and oxygen atoms in total. The lowest BCUT2D eigenvalue weighted by Crippen LogP contribution is -2.13. The molecule has 0 saturated heterocycles. The van der Waals surface area contributed by atoms with Crippen molar-refractivity contribution >= 4 is 11.3 Å². The lowest BCUT2D eigenvalue weighted by Gasteiger charge is -2.12. The summed E-state index contributed by atoms with van der Waals surface area (Å²) < 4.78 is 11.1. The number of benzene rings is 1. The molecule has 1 heterocycles. The maximum atomic E-state index is 5.81. The fourth-order valence-electron chi connectivity index (χ4n) is 1.81. The first kappa shape index (κ1) is 14.8. The highest BCUT2D eigenvalue weighted by molar-refractivity contribution is 7.07. The van der Waals surface area contributed by atoms with Gasteiger partial charge >= 0.3 is 0 Å². The molecule has 1 aromatic heterocycles. The van der Waals surface area contributed by atoms with Crippen LogP contribution < -0.4 is 14.8 Å². The van der Waals surface area contributed by atoms with E-state index in [0.29, 0.717) is 6.61 Å². The van der Waals surface area contributed by atoms with Gasteiger partial charge in [-0.1, -0.05) is 13.0 Å². The normalized spacial score (nSPS) is 10.5. The molecule has 20 heavy (non-hydrogen) atoms. The molecule has 0 aliphatic rings. The van der Waals surface area contributed by atoms with Gasteiger partial charge in [0.05, 0.1) is 18.3 Å². The maximum Gasteiger partial charge on any atom is 0.162 e. The van der Waals surface area contributed by atoms with Crippen molar-refractivity contribution in [2.45, 2.75) is 26.5 Å². The van der Waals surface area contributed by atoms with Gasteiger partial charge < -0.3 is 14.8 Å². The van der Waals surface area contributed by atoms with Crippen LogP contribution in [-0.2, 0) is 13.2 Å². The van der Waals surface area contributed by atoms with Crippen LogP contribution in [0.2, 0.25) is 0 Å². The fraction of sp³-hybridized carbons (Fsp3) is 0.400. The van der Waals surface area contributed by atoms with Crippen LogP contribution in [0.4, 0.5) is 0 Å². The summed E-state index contributed by atoms with van der Waals surface area (Å²) in [5.41, 5.74) is 3.93. The lowest BCUT2D eigenvalue weighted by atomic mass is 10.2. The average molecular weight is 292 g/mol. The number of ether oxygens (including phenoxy) is 2. The molecule has 0 amide bonds. The molecule has 2 aromatic rings. The minimum absolute atomic E-state index is 0.464. The molecular formula is C15H20N2O2S. The highest BCUT2D eigenvalue weighted by Crippen LogP contribution is 2.28. The van der Waals surface area contributed by atoms with Gasteiger partial charge in [0, 0.05) is 11.9 Å². The van der Waals surface area contributed by atoms with E-state index in [4.69, 9.17) is 9.47 Å². The van der Waals surface area contributed by atoms with Gasteiger partial charge in [-0.25, -0.2) is 4.98 Å². The predicted molar refractivity (Wildman–Crippen MR) is 81.4 cm³/mol. The number of hydrogen-bond donors (Lipinski definition) is 1. The molecule has 1 aromatic carbocycles. The number of hydrogen-bond acceptors (Lipinski definition) is 5. The molecule has 0 saturated carbocycles. The number of thiazole rings is 1. The van der Waals surface area contributed by atoms with Gasteiger partial charge in [0.1, 0.15) is 6.61 Å². The molecule has 0 spiro atoms. The molecule has 0 aliphatic carbocycles. The summed E-state index contributed by atoms with van der Waals surface area (Å²) in [7, 11) is 1.65. The zero-order valence-corrected chi connectivity index (χ0v) is 12.7. The monoisotopic (exact) mass is 292 g/mol. The van der Waals surface area contributed by atoms with E-state index >= 15 is 0 Å². The van der Waals surface area contributed by atoms with E-state index in [1.807, 2.05) is 17.5 Å². The molecule has 0 fully saturated rings. The summed E-state index contributed by atoms with van der Waals surface area (Å²) >= 11 is 1.57. The van der Waals surface area contributed by atoms with Crippen LogP contribution in [0.25, 0.3) is 0 Å². The first-order valence-corrected chi connectivity index (χ1v) is 7.65. The Kier molecular flexibility index (Phi) is 5.83. The Hall–Kier alpha value is -1.59. The number of methoxy groups -OCH3 is 1. The van der Waals surface area contributed by atoms with Crippen molar-refractivity contribution in [1.82, 2.24) is 10.3 Å². The first-order chi connectivity index (χ1) is 9.83.